The van der Waals surface area contributed by atoms with Crippen LogP contribution in [-0.2, 0) is 0 Å². The lowest BCUT2D eigenvalue weighted by Gasteiger charge is -2.16. The molecule has 1 atom stereocenters. The van der Waals surface area contributed by atoms with E-state index in [1.807, 2.05) is 18.2 Å². The van der Waals surface area contributed by atoms with Crippen LogP contribution in [0.25, 0.3) is 5.57 Å². The van der Waals surface area contributed by atoms with Crippen molar-refractivity contribution in [3.63, 3.8) is 0 Å². The fraction of sp³-hybridized carbons (Fsp3) is 0.429. The Hall–Kier alpha value is -2.04. The van der Waals surface area contributed by atoms with Gasteiger partial charge in [0.05, 0.1) is 6.26 Å². The minimum absolute atomic E-state index is 0.178. The van der Waals surface area contributed by atoms with Crippen LogP contribution in [0, 0.1) is 28.6 Å². The highest BCUT2D eigenvalue weighted by atomic mass is 16.3. The second-order valence-corrected chi connectivity index (χ2v) is 4.37. The van der Waals surface area contributed by atoms with E-state index >= 15 is 0 Å². The van der Waals surface area contributed by atoms with E-state index < -0.39 is 0 Å². The molecule has 0 aliphatic carbocycles. The molecule has 4 heteroatoms. The molecule has 0 saturated carbocycles. The van der Waals surface area contributed by atoms with Crippen LogP contribution in [0.5, 0.6) is 0 Å². The van der Waals surface area contributed by atoms with Crippen molar-refractivity contribution in [2.75, 3.05) is 13.1 Å². The molecule has 2 rings (SSSR count). The average Bonchev–Trinajstić information content (AvgIpc) is 2.78. The van der Waals surface area contributed by atoms with Gasteiger partial charge in [-0.05, 0) is 50.4 Å². The van der Waals surface area contributed by atoms with E-state index in [1.54, 1.807) is 12.3 Å². The summed E-state index contributed by atoms with van der Waals surface area (Å²) in [6.07, 6.45) is 4.55. The van der Waals surface area contributed by atoms with Crippen molar-refractivity contribution in [2.45, 2.75) is 19.3 Å². The van der Waals surface area contributed by atoms with E-state index in [0.717, 1.165) is 37.9 Å². The second-order valence-electron chi connectivity index (χ2n) is 4.37. The van der Waals surface area contributed by atoms with E-state index in [2.05, 4.69) is 5.32 Å². The topological polar surface area (TPSA) is 72.8 Å². The van der Waals surface area contributed by atoms with E-state index in [4.69, 9.17) is 14.9 Å². The molecule has 0 radical (unpaired) electrons. The van der Waals surface area contributed by atoms with Gasteiger partial charge >= 0.3 is 0 Å². The molecule has 1 N–H and O–H groups in total. The molecule has 1 aliphatic heterocycles. The van der Waals surface area contributed by atoms with Crippen LogP contribution in [-0.4, -0.2) is 13.1 Å². The van der Waals surface area contributed by atoms with E-state index in [-0.39, 0.29) is 11.5 Å². The van der Waals surface area contributed by atoms with Crippen molar-refractivity contribution in [3.05, 3.63) is 29.7 Å². The number of nitrogens with zero attached hydrogens (tertiary/aromatic N) is 2. The van der Waals surface area contributed by atoms with Crippen molar-refractivity contribution in [3.8, 4) is 12.1 Å². The number of allylic oxidation sites excluding steroid dienone is 2. The van der Waals surface area contributed by atoms with Crippen molar-refractivity contribution in [1.82, 2.24) is 5.32 Å². The van der Waals surface area contributed by atoms with Gasteiger partial charge in [0.2, 0.25) is 0 Å². The monoisotopic (exact) mass is 241 g/mol. The summed E-state index contributed by atoms with van der Waals surface area (Å²) < 4.78 is 5.39. The van der Waals surface area contributed by atoms with E-state index in [1.165, 1.54) is 0 Å². The molecular formula is C14H15N3O. The molecule has 2 heterocycles. The van der Waals surface area contributed by atoms with Crippen LogP contribution in [0.4, 0.5) is 0 Å². The van der Waals surface area contributed by atoms with Gasteiger partial charge < -0.3 is 9.73 Å². The SMILES string of the molecule is N#CC(C#N)=C(c1ccco1)C1CCCNCC1. The third-order valence-corrected chi connectivity index (χ3v) is 3.26. The fourth-order valence-electron chi connectivity index (χ4n) is 2.41. The van der Waals surface area contributed by atoms with Crippen LogP contribution in [0.15, 0.2) is 28.4 Å². The van der Waals surface area contributed by atoms with Gasteiger partial charge in [0.15, 0.2) is 0 Å². The smallest absolute Gasteiger partial charge is 0.136 e. The lowest BCUT2D eigenvalue weighted by molar-refractivity contribution is 0.521. The number of furan rings is 1. The Kier molecular flexibility index (Phi) is 4.17. The van der Waals surface area contributed by atoms with Crippen molar-refractivity contribution < 1.29 is 4.42 Å². The summed E-state index contributed by atoms with van der Waals surface area (Å²) in [7, 11) is 0. The number of rotatable bonds is 2. The van der Waals surface area contributed by atoms with Gasteiger partial charge in [-0.15, -0.1) is 0 Å². The highest BCUT2D eigenvalue weighted by Gasteiger charge is 2.23. The number of nitrogens with one attached hydrogen (secondary N) is 1. The lowest BCUT2D eigenvalue weighted by atomic mass is 9.87. The molecule has 4 nitrogen and oxygen atoms in total. The summed E-state index contributed by atoms with van der Waals surface area (Å²) in [4.78, 5) is 0. The summed E-state index contributed by atoms with van der Waals surface area (Å²) in [5.74, 6) is 0.875. The first-order valence-corrected chi connectivity index (χ1v) is 6.15. The molecule has 0 amide bonds. The molecule has 18 heavy (non-hydrogen) atoms. The normalized spacial score (nSPS) is 19.3. The standard InChI is InChI=1S/C14H15N3O/c15-9-12(10-16)14(13-4-2-8-18-13)11-3-1-6-17-7-5-11/h2,4,8,11,17H,1,3,5-7H2. The van der Waals surface area contributed by atoms with Gasteiger partial charge in [-0.3, -0.25) is 0 Å². The Morgan fingerprint density at radius 3 is 2.78 bits per heavy atom. The highest BCUT2D eigenvalue weighted by Crippen LogP contribution is 2.33. The minimum Gasteiger partial charge on any atom is -0.465 e. The maximum Gasteiger partial charge on any atom is 0.136 e. The summed E-state index contributed by atoms with van der Waals surface area (Å²) in [6, 6.07) is 7.60. The number of nitriles is 2. The third-order valence-electron chi connectivity index (χ3n) is 3.26. The van der Waals surface area contributed by atoms with Gasteiger partial charge in [0.1, 0.15) is 23.5 Å². The molecule has 1 aromatic heterocycles. The van der Waals surface area contributed by atoms with Gasteiger partial charge in [0.25, 0.3) is 0 Å². The summed E-state index contributed by atoms with van der Waals surface area (Å²) >= 11 is 0. The van der Waals surface area contributed by atoms with Crippen LogP contribution in [0.3, 0.4) is 0 Å². The number of hydrogen-bond acceptors (Lipinski definition) is 4. The van der Waals surface area contributed by atoms with Crippen LogP contribution >= 0.6 is 0 Å². The lowest BCUT2D eigenvalue weighted by Crippen LogP contribution is -2.14. The molecule has 1 fully saturated rings. The zero-order valence-corrected chi connectivity index (χ0v) is 10.1. The van der Waals surface area contributed by atoms with Crippen molar-refractivity contribution >= 4 is 5.57 Å². The highest BCUT2D eigenvalue weighted by molar-refractivity contribution is 5.74. The Morgan fingerprint density at radius 1 is 1.28 bits per heavy atom. The van der Waals surface area contributed by atoms with Crippen molar-refractivity contribution in [1.29, 1.82) is 10.5 Å². The fourth-order valence-corrected chi connectivity index (χ4v) is 2.41. The van der Waals surface area contributed by atoms with Crippen LogP contribution < -0.4 is 5.32 Å². The Labute approximate surface area is 107 Å². The molecule has 1 saturated heterocycles. The molecule has 0 spiro atoms. The van der Waals surface area contributed by atoms with Gasteiger partial charge in [-0.2, -0.15) is 10.5 Å². The Morgan fingerprint density at radius 2 is 2.11 bits per heavy atom. The zero-order valence-electron chi connectivity index (χ0n) is 10.1. The summed E-state index contributed by atoms with van der Waals surface area (Å²) in [5, 5.41) is 21.6. The second kappa shape index (κ2) is 6.05. The quantitative estimate of drug-likeness (QED) is 0.807. The summed E-state index contributed by atoms with van der Waals surface area (Å²) in [6.45, 7) is 1.91. The zero-order chi connectivity index (χ0) is 12.8. The largest absolute Gasteiger partial charge is 0.465 e. The molecule has 1 aliphatic rings. The van der Waals surface area contributed by atoms with E-state index in [0.29, 0.717) is 5.76 Å². The molecule has 0 aromatic carbocycles. The van der Waals surface area contributed by atoms with Crippen LogP contribution in [0.2, 0.25) is 0 Å². The van der Waals surface area contributed by atoms with Gasteiger partial charge in [-0.25, -0.2) is 0 Å². The molecule has 0 bridgehead atoms. The van der Waals surface area contributed by atoms with E-state index in [9.17, 15) is 0 Å². The maximum absolute atomic E-state index is 9.11. The van der Waals surface area contributed by atoms with Gasteiger partial charge in [-0.1, -0.05) is 0 Å². The first-order chi connectivity index (χ1) is 8.86. The Balaban J connectivity index is 2.40. The minimum atomic E-state index is 0.178. The predicted molar refractivity (Wildman–Crippen MR) is 67.1 cm³/mol. The number of hydrogen-bond donors (Lipinski definition) is 1. The summed E-state index contributed by atoms with van der Waals surface area (Å²) in [5.41, 5.74) is 0.950. The molecule has 92 valence electrons. The van der Waals surface area contributed by atoms with Crippen molar-refractivity contribution in [2.24, 2.45) is 5.92 Å². The Bertz CT molecular complexity index is 478. The molecular weight excluding hydrogens is 226 g/mol. The predicted octanol–water partition coefficient (Wildman–Crippen LogP) is 2.47. The first kappa shape index (κ1) is 12.4. The first-order valence-electron chi connectivity index (χ1n) is 6.15. The van der Waals surface area contributed by atoms with Gasteiger partial charge in [0, 0.05) is 5.57 Å². The van der Waals surface area contributed by atoms with Crippen LogP contribution in [0.1, 0.15) is 25.0 Å². The average molecular weight is 241 g/mol. The molecule has 1 unspecified atom stereocenters. The third kappa shape index (κ3) is 2.61. The molecule has 1 aromatic rings. The maximum atomic E-state index is 9.11.